The Morgan fingerprint density at radius 3 is 0.882 bits per heavy atom. The molecule has 0 saturated carbocycles. The van der Waals surface area contributed by atoms with Crippen LogP contribution in [0.2, 0.25) is 0 Å². The Kier molecular flexibility index (Phi) is 8.69. The molecule has 21 heteroatoms. The molecule has 0 fully saturated rings. The molecule has 0 spiro atoms. The van der Waals surface area contributed by atoms with E-state index >= 15 is 0 Å². The summed E-state index contributed by atoms with van der Waals surface area (Å²) in [4.78, 5) is 10.9. The summed E-state index contributed by atoms with van der Waals surface area (Å²) < 4.78 is 233. The van der Waals surface area contributed by atoms with Gasteiger partial charge in [-0.1, -0.05) is 0 Å². The van der Waals surface area contributed by atoms with Crippen LogP contribution >= 0.6 is 0 Å². The first kappa shape index (κ1) is 32.0. The second kappa shape index (κ2) is 9.23. The maximum absolute atomic E-state index is 13.1. The molecule has 0 aromatic carbocycles. The highest BCUT2D eigenvalue weighted by Gasteiger charge is 2.82. The van der Waals surface area contributed by atoms with E-state index in [4.69, 9.17) is 0 Å². The lowest BCUT2D eigenvalue weighted by molar-refractivity contribution is -0.397. The minimum Gasteiger partial charge on any atom is -0.434 e. The zero-order valence-corrected chi connectivity index (χ0v) is 15.4. The van der Waals surface area contributed by atoms with Crippen molar-refractivity contribution >= 4 is 6.16 Å². The average molecular weight is 554 g/mol. The SMILES string of the molecule is O=C(OCCC(F)(F)C(F)(F)C(F)(F)C(F)(F)F)OCCC(F)(F)C(F)(F)C(F)(F)C(F)(F)F. The maximum atomic E-state index is 13.1. The van der Waals surface area contributed by atoms with Gasteiger partial charge < -0.3 is 9.47 Å². The van der Waals surface area contributed by atoms with Crippen molar-refractivity contribution in [2.45, 2.75) is 60.7 Å². The van der Waals surface area contributed by atoms with Gasteiger partial charge in [-0.2, -0.15) is 79.0 Å². The predicted molar refractivity (Wildman–Crippen MR) is 68.3 cm³/mol. The molecule has 0 aliphatic carbocycles. The molecule has 0 bridgehead atoms. The second-order valence-electron chi connectivity index (χ2n) is 6.15. The molecule has 0 amide bonds. The maximum Gasteiger partial charge on any atom is 0.508 e. The van der Waals surface area contributed by atoms with Crippen LogP contribution in [-0.4, -0.2) is 67.3 Å². The van der Waals surface area contributed by atoms with Crippen LogP contribution in [-0.2, 0) is 9.47 Å². The third-order valence-electron chi connectivity index (χ3n) is 3.69. The van der Waals surface area contributed by atoms with E-state index in [2.05, 4.69) is 9.47 Å². The van der Waals surface area contributed by atoms with Gasteiger partial charge in [-0.3, -0.25) is 0 Å². The number of rotatable bonds is 10. The molecule has 0 rings (SSSR count). The number of alkyl halides is 18. The largest absolute Gasteiger partial charge is 0.508 e. The van der Waals surface area contributed by atoms with Crippen LogP contribution in [0.25, 0.3) is 0 Å². The van der Waals surface area contributed by atoms with E-state index in [1.807, 2.05) is 0 Å². The molecule has 0 atom stereocenters. The first-order chi connectivity index (χ1) is 14.6. The highest BCUT2D eigenvalue weighted by molar-refractivity contribution is 5.59. The highest BCUT2D eigenvalue weighted by atomic mass is 19.4. The molecule has 0 aliphatic heterocycles. The Morgan fingerprint density at radius 1 is 0.441 bits per heavy atom. The lowest BCUT2D eigenvalue weighted by Crippen LogP contribution is -2.61. The lowest BCUT2D eigenvalue weighted by atomic mass is 10.0. The van der Waals surface area contributed by atoms with Gasteiger partial charge in [-0.05, 0) is 0 Å². The summed E-state index contributed by atoms with van der Waals surface area (Å²) in [5.74, 6) is -41.2. The molecule has 0 unspecified atom stereocenters. The molecule has 34 heavy (non-hydrogen) atoms. The van der Waals surface area contributed by atoms with E-state index in [1.54, 1.807) is 0 Å². The minimum absolute atomic E-state index is 2.16. The van der Waals surface area contributed by atoms with Gasteiger partial charge in [-0.15, -0.1) is 0 Å². The Bertz CT molecular complexity index is 649. The van der Waals surface area contributed by atoms with Gasteiger partial charge in [0, 0.05) is 0 Å². The molecule has 0 aromatic heterocycles. The lowest BCUT2D eigenvalue weighted by Gasteiger charge is -2.33. The minimum atomic E-state index is -7.28. The van der Waals surface area contributed by atoms with Crippen LogP contribution in [0.5, 0.6) is 0 Å². The van der Waals surface area contributed by atoms with Crippen molar-refractivity contribution < 1.29 is 93.3 Å². The Balaban J connectivity index is 4.98. The van der Waals surface area contributed by atoms with Crippen molar-refractivity contribution in [3.63, 3.8) is 0 Å². The molecule has 0 N–H and O–H groups in total. The zero-order chi connectivity index (χ0) is 27.8. The van der Waals surface area contributed by atoms with Crippen LogP contribution in [0, 0.1) is 0 Å². The standard InChI is InChI=1S/C13H8F18O3/c14-6(15,8(18,19)10(22,23)12(26,27)28)1-3-33-5(32)34-4-2-7(16,17)9(20,21)11(24,25)13(29,30)31/h1-4H2. The Morgan fingerprint density at radius 2 is 0.676 bits per heavy atom. The summed E-state index contributed by atoms with van der Waals surface area (Å²) in [5.41, 5.74) is 0. The third kappa shape index (κ3) is 5.80. The summed E-state index contributed by atoms with van der Waals surface area (Å²) in [5, 5.41) is 0. The van der Waals surface area contributed by atoms with Crippen LogP contribution < -0.4 is 0 Å². The van der Waals surface area contributed by atoms with Gasteiger partial charge in [0.15, 0.2) is 0 Å². The van der Waals surface area contributed by atoms with Crippen LogP contribution in [0.4, 0.5) is 83.8 Å². The molecule has 0 radical (unpaired) electrons. The quantitative estimate of drug-likeness (QED) is 0.219. The summed E-state index contributed by atoms with van der Waals surface area (Å²) in [7, 11) is 0. The van der Waals surface area contributed by atoms with Gasteiger partial charge >= 0.3 is 54.0 Å². The monoisotopic (exact) mass is 554 g/mol. The fourth-order valence-corrected chi connectivity index (χ4v) is 1.70. The van der Waals surface area contributed by atoms with Crippen LogP contribution in [0.3, 0.4) is 0 Å². The summed E-state index contributed by atoms with van der Waals surface area (Å²) in [6.45, 7) is -4.32. The van der Waals surface area contributed by atoms with Crippen LogP contribution in [0.1, 0.15) is 12.8 Å². The van der Waals surface area contributed by atoms with Crippen molar-refractivity contribution in [2.24, 2.45) is 0 Å². The predicted octanol–water partition coefficient (Wildman–Crippen LogP) is 6.86. The van der Waals surface area contributed by atoms with Gasteiger partial charge in [0.25, 0.3) is 0 Å². The van der Waals surface area contributed by atoms with Crippen molar-refractivity contribution in [3.8, 4) is 0 Å². The summed E-state index contributed by atoms with van der Waals surface area (Å²) >= 11 is 0. The van der Waals surface area contributed by atoms with Crippen LogP contribution in [0.15, 0.2) is 0 Å². The zero-order valence-electron chi connectivity index (χ0n) is 15.4. The van der Waals surface area contributed by atoms with E-state index in [1.165, 1.54) is 0 Å². The number of hydrogen-bond acceptors (Lipinski definition) is 3. The number of ether oxygens (including phenoxy) is 2. The van der Waals surface area contributed by atoms with Gasteiger partial charge in [0.1, 0.15) is 13.2 Å². The molecule has 0 saturated heterocycles. The first-order valence-corrected chi connectivity index (χ1v) is 7.80. The normalized spacial score (nSPS) is 15.4. The van der Waals surface area contributed by atoms with E-state index in [0.29, 0.717) is 0 Å². The van der Waals surface area contributed by atoms with Crippen molar-refractivity contribution in [1.29, 1.82) is 0 Å². The Labute approximate surface area is 174 Å². The fraction of sp³-hybridized carbons (Fsp3) is 0.923. The molecule has 204 valence electrons. The van der Waals surface area contributed by atoms with Gasteiger partial charge in [0.05, 0.1) is 12.8 Å². The summed E-state index contributed by atoms with van der Waals surface area (Å²) in [6.07, 6.45) is -22.4. The average Bonchev–Trinajstić information content (AvgIpc) is 2.58. The van der Waals surface area contributed by atoms with Crippen molar-refractivity contribution in [3.05, 3.63) is 0 Å². The summed E-state index contributed by atoms with van der Waals surface area (Å²) in [6, 6.07) is 0. The number of carbonyl (C=O) groups excluding carboxylic acids is 1. The van der Waals surface area contributed by atoms with Gasteiger partial charge in [0.2, 0.25) is 0 Å². The fourth-order valence-electron chi connectivity index (χ4n) is 1.70. The first-order valence-electron chi connectivity index (χ1n) is 7.80. The van der Waals surface area contributed by atoms with E-state index in [0.717, 1.165) is 0 Å². The second-order valence-corrected chi connectivity index (χ2v) is 6.15. The molecule has 0 aromatic rings. The number of hydrogen-bond donors (Lipinski definition) is 0. The third-order valence-corrected chi connectivity index (χ3v) is 3.69. The van der Waals surface area contributed by atoms with Crippen molar-refractivity contribution in [2.75, 3.05) is 13.2 Å². The van der Waals surface area contributed by atoms with E-state index in [-0.39, 0.29) is 0 Å². The van der Waals surface area contributed by atoms with Crippen molar-refractivity contribution in [1.82, 2.24) is 0 Å². The molecular weight excluding hydrogens is 546 g/mol. The molecule has 0 heterocycles. The molecular formula is C13H8F18O3. The Hall–Kier alpha value is -1.99. The molecule has 0 aliphatic rings. The number of carbonyl (C=O) groups is 1. The smallest absolute Gasteiger partial charge is 0.434 e. The topological polar surface area (TPSA) is 35.5 Å². The number of halogens is 18. The highest BCUT2D eigenvalue weighted by Crippen LogP contribution is 2.55. The van der Waals surface area contributed by atoms with E-state index < -0.39 is 80.1 Å². The van der Waals surface area contributed by atoms with Gasteiger partial charge in [-0.25, -0.2) is 4.79 Å². The van der Waals surface area contributed by atoms with E-state index in [9.17, 15) is 83.8 Å². The molecule has 3 nitrogen and oxygen atoms in total.